The Kier molecular flexibility index (Phi) is 3.94. The molecule has 2 N–H and O–H groups in total. The predicted octanol–water partition coefficient (Wildman–Crippen LogP) is 3.43. The Morgan fingerprint density at radius 3 is 2.83 bits per heavy atom. The standard InChI is InChI=1S/C14H14ClFN2/c1-9-4-11(8-18-7-9)14(17)6-10-5-12(15)2-3-13(10)16/h2-5,7-8,14H,6,17H2,1H3. The summed E-state index contributed by atoms with van der Waals surface area (Å²) in [5, 5.41) is 0.515. The fourth-order valence-corrected chi connectivity index (χ4v) is 2.03. The summed E-state index contributed by atoms with van der Waals surface area (Å²) >= 11 is 5.85. The summed E-state index contributed by atoms with van der Waals surface area (Å²) < 4.78 is 13.6. The lowest BCUT2D eigenvalue weighted by molar-refractivity contribution is 0.593. The average Bonchev–Trinajstić information content (AvgIpc) is 2.34. The molecule has 2 nitrogen and oxygen atoms in total. The van der Waals surface area contributed by atoms with Crippen LogP contribution in [0.15, 0.2) is 36.7 Å². The molecule has 0 saturated heterocycles. The van der Waals surface area contributed by atoms with Crippen LogP contribution in [-0.2, 0) is 6.42 Å². The van der Waals surface area contributed by atoms with Crippen LogP contribution in [0.4, 0.5) is 4.39 Å². The predicted molar refractivity (Wildman–Crippen MR) is 71.0 cm³/mol. The van der Waals surface area contributed by atoms with Crippen molar-refractivity contribution in [3.05, 3.63) is 64.2 Å². The summed E-state index contributed by atoms with van der Waals surface area (Å²) in [5.41, 5.74) is 8.52. The molecule has 0 aliphatic carbocycles. The first-order valence-corrected chi connectivity index (χ1v) is 6.05. The number of nitrogens with zero attached hydrogens (tertiary/aromatic N) is 1. The van der Waals surface area contributed by atoms with Gasteiger partial charge in [0.15, 0.2) is 0 Å². The maximum absolute atomic E-state index is 13.6. The molecule has 0 spiro atoms. The lowest BCUT2D eigenvalue weighted by atomic mass is 10.00. The third-order valence-electron chi connectivity index (χ3n) is 2.77. The molecular formula is C14H14ClFN2. The first-order valence-electron chi connectivity index (χ1n) is 5.67. The summed E-state index contributed by atoms with van der Waals surface area (Å²) in [5.74, 6) is -0.282. The van der Waals surface area contributed by atoms with Gasteiger partial charge >= 0.3 is 0 Å². The van der Waals surface area contributed by atoms with E-state index in [4.69, 9.17) is 17.3 Å². The van der Waals surface area contributed by atoms with Gasteiger partial charge in [-0.15, -0.1) is 0 Å². The molecule has 0 bridgehead atoms. The van der Waals surface area contributed by atoms with Crippen LogP contribution in [0.25, 0.3) is 0 Å². The van der Waals surface area contributed by atoms with Crippen LogP contribution in [0.1, 0.15) is 22.7 Å². The SMILES string of the molecule is Cc1cncc(C(N)Cc2cc(Cl)ccc2F)c1. The van der Waals surface area contributed by atoms with Crippen molar-refractivity contribution in [2.45, 2.75) is 19.4 Å². The van der Waals surface area contributed by atoms with Crippen molar-refractivity contribution in [1.29, 1.82) is 0 Å². The second kappa shape index (κ2) is 5.46. The van der Waals surface area contributed by atoms with E-state index in [9.17, 15) is 4.39 Å². The van der Waals surface area contributed by atoms with Gasteiger partial charge in [0.25, 0.3) is 0 Å². The topological polar surface area (TPSA) is 38.9 Å². The van der Waals surface area contributed by atoms with Crippen LogP contribution in [0.3, 0.4) is 0 Å². The highest BCUT2D eigenvalue weighted by atomic mass is 35.5. The minimum Gasteiger partial charge on any atom is -0.324 e. The summed E-state index contributed by atoms with van der Waals surface area (Å²) in [7, 11) is 0. The summed E-state index contributed by atoms with van der Waals surface area (Å²) in [6, 6.07) is 6.17. The maximum atomic E-state index is 13.6. The van der Waals surface area contributed by atoms with Gasteiger partial charge in [-0.05, 0) is 48.2 Å². The molecule has 0 amide bonds. The van der Waals surface area contributed by atoms with Crippen LogP contribution in [-0.4, -0.2) is 4.98 Å². The molecule has 1 atom stereocenters. The normalized spacial score (nSPS) is 12.4. The number of rotatable bonds is 3. The number of hydrogen-bond donors (Lipinski definition) is 1. The highest BCUT2D eigenvalue weighted by Gasteiger charge is 2.11. The van der Waals surface area contributed by atoms with Gasteiger partial charge < -0.3 is 5.73 Å². The van der Waals surface area contributed by atoms with E-state index in [1.165, 1.54) is 12.1 Å². The highest BCUT2D eigenvalue weighted by molar-refractivity contribution is 6.30. The third-order valence-corrected chi connectivity index (χ3v) is 3.01. The lowest BCUT2D eigenvalue weighted by Gasteiger charge is -2.13. The van der Waals surface area contributed by atoms with Crippen LogP contribution in [0.5, 0.6) is 0 Å². The Morgan fingerprint density at radius 1 is 1.33 bits per heavy atom. The number of aryl methyl sites for hydroxylation is 1. The van der Waals surface area contributed by atoms with Gasteiger partial charge in [0, 0.05) is 23.5 Å². The second-order valence-electron chi connectivity index (χ2n) is 4.34. The highest BCUT2D eigenvalue weighted by Crippen LogP contribution is 2.21. The van der Waals surface area contributed by atoms with Crippen molar-refractivity contribution in [2.75, 3.05) is 0 Å². The number of nitrogens with two attached hydrogens (primary N) is 1. The number of halogens is 2. The second-order valence-corrected chi connectivity index (χ2v) is 4.78. The Morgan fingerprint density at radius 2 is 2.11 bits per heavy atom. The van der Waals surface area contributed by atoms with Gasteiger partial charge in [-0.1, -0.05) is 17.7 Å². The van der Waals surface area contributed by atoms with Crippen molar-refractivity contribution in [3.63, 3.8) is 0 Å². The molecule has 0 aliphatic rings. The molecule has 1 aromatic carbocycles. The first kappa shape index (κ1) is 13.0. The van der Waals surface area contributed by atoms with Gasteiger partial charge in [-0.2, -0.15) is 0 Å². The van der Waals surface area contributed by atoms with E-state index in [2.05, 4.69) is 4.98 Å². The van der Waals surface area contributed by atoms with Crippen LogP contribution < -0.4 is 5.73 Å². The molecule has 2 aromatic rings. The summed E-state index contributed by atoms with van der Waals surface area (Å²) in [6.45, 7) is 1.95. The molecule has 1 aromatic heterocycles. The van der Waals surface area contributed by atoms with E-state index in [1.807, 2.05) is 13.0 Å². The Labute approximate surface area is 111 Å². The molecule has 1 heterocycles. The van der Waals surface area contributed by atoms with E-state index >= 15 is 0 Å². The first-order chi connectivity index (χ1) is 8.56. The van der Waals surface area contributed by atoms with Crippen molar-refractivity contribution >= 4 is 11.6 Å². The molecule has 18 heavy (non-hydrogen) atoms. The Bertz CT molecular complexity index is 557. The molecule has 2 rings (SSSR count). The van der Waals surface area contributed by atoms with Crippen molar-refractivity contribution < 1.29 is 4.39 Å². The zero-order valence-electron chi connectivity index (χ0n) is 10.0. The van der Waals surface area contributed by atoms with Crippen molar-refractivity contribution in [2.24, 2.45) is 5.73 Å². The monoisotopic (exact) mass is 264 g/mol. The minimum absolute atomic E-state index is 0.282. The largest absolute Gasteiger partial charge is 0.324 e. The smallest absolute Gasteiger partial charge is 0.126 e. The van der Waals surface area contributed by atoms with Gasteiger partial charge in [-0.3, -0.25) is 4.98 Å². The van der Waals surface area contributed by atoms with Crippen molar-refractivity contribution in [3.8, 4) is 0 Å². The third kappa shape index (κ3) is 3.06. The van der Waals surface area contributed by atoms with E-state index in [-0.39, 0.29) is 11.9 Å². The molecule has 1 unspecified atom stereocenters. The zero-order valence-corrected chi connectivity index (χ0v) is 10.8. The van der Waals surface area contributed by atoms with Crippen LogP contribution in [0.2, 0.25) is 5.02 Å². The van der Waals surface area contributed by atoms with Gasteiger partial charge in [0.2, 0.25) is 0 Å². The lowest BCUT2D eigenvalue weighted by Crippen LogP contribution is -2.14. The molecule has 0 aliphatic heterocycles. The number of benzene rings is 1. The molecular weight excluding hydrogens is 251 g/mol. The molecule has 4 heteroatoms. The van der Waals surface area contributed by atoms with Gasteiger partial charge in [-0.25, -0.2) is 4.39 Å². The molecule has 0 saturated carbocycles. The number of pyridine rings is 1. The number of aromatic nitrogens is 1. The Hall–Kier alpha value is -1.45. The zero-order chi connectivity index (χ0) is 13.1. The molecule has 94 valence electrons. The number of hydrogen-bond acceptors (Lipinski definition) is 2. The molecule has 0 fully saturated rings. The van der Waals surface area contributed by atoms with Crippen molar-refractivity contribution in [1.82, 2.24) is 4.98 Å². The van der Waals surface area contributed by atoms with E-state index in [1.54, 1.807) is 18.5 Å². The van der Waals surface area contributed by atoms with E-state index in [0.29, 0.717) is 17.0 Å². The maximum Gasteiger partial charge on any atom is 0.126 e. The average molecular weight is 265 g/mol. The van der Waals surface area contributed by atoms with Crippen LogP contribution in [0, 0.1) is 12.7 Å². The Balaban J connectivity index is 2.21. The molecule has 0 radical (unpaired) electrons. The summed E-state index contributed by atoms with van der Waals surface area (Å²) in [6.07, 6.45) is 3.87. The van der Waals surface area contributed by atoms with Gasteiger partial charge in [0.05, 0.1) is 0 Å². The van der Waals surface area contributed by atoms with E-state index in [0.717, 1.165) is 11.1 Å². The van der Waals surface area contributed by atoms with E-state index < -0.39 is 0 Å². The fourth-order valence-electron chi connectivity index (χ4n) is 1.84. The van der Waals surface area contributed by atoms with Gasteiger partial charge in [0.1, 0.15) is 5.82 Å². The summed E-state index contributed by atoms with van der Waals surface area (Å²) in [4.78, 5) is 4.09. The quantitative estimate of drug-likeness (QED) is 0.923. The van der Waals surface area contributed by atoms with Crippen LogP contribution >= 0.6 is 11.6 Å². The fraction of sp³-hybridized carbons (Fsp3) is 0.214. The minimum atomic E-state index is -0.287.